The molecule has 1 fully saturated rings. The highest BCUT2D eigenvalue weighted by atomic mass is 32.2. The van der Waals surface area contributed by atoms with Crippen LogP contribution in [-0.2, 0) is 24.8 Å². The lowest BCUT2D eigenvalue weighted by Gasteiger charge is -2.38. The lowest BCUT2D eigenvalue weighted by atomic mass is 10.2. The van der Waals surface area contributed by atoms with Crippen molar-refractivity contribution in [2.24, 2.45) is 5.10 Å². The van der Waals surface area contributed by atoms with Crippen LogP contribution in [0.5, 0.6) is 11.5 Å². The molecule has 0 saturated carbocycles. The summed E-state index contributed by atoms with van der Waals surface area (Å²) in [5.41, 5.74) is 2.98. The van der Waals surface area contributed by atoms with Crippen LogP contribution in [0.4, 0.5) is 0 Å². The third-order valence-corrected chi connectivity index (χ3v) is 9.91. The topological polar surface area (TPSA) is 135 Å². The highest BCUT2D eigenvalue weighted by Gasteiger charge is 2.43. The molecule has 5 rings (SSSR count). The molecule has 1 atom stereocenters. The summed E-state index contributed by atoms with van der Waals surface area (Å²) in [6.07, 6.45) is 1.37. The van der Waals surface area contributed by atoms with E-state index >= 15 is 0 Å². The maximum atomic E-state index is 13.4. The minimum atomic E-state index is -4.11. The van der Waals surface area contributed by atoms with Crippen molar-refractivity contribution in [3.8, 4) is 11.5 Å². The number of amides is 1. The number of rotatable bonds is 7. The summed E-state index contributed by atoms with van der Waals surface area (Å²) >= 11 is 0. The van der Waals surface area contributed by atoms with Crippen LogP contribution in [0.3, 0.4) is 0 Å². The second-order valence-electron chi connectivity index (χ2n) is 8.47. The maximum Gasteiger partial charge on any atom is 0.259 e. The number of fused-ring (bicyclic) bond motifs is 1. The molecule has 0 aromatic heterocycles. The van der Waals surface area contributed by atoms with Crippen LogP contribution in [0.2, 0.25) is 0 Å². The summed E-state index contributed by atoms with van der Waals surface area (Å²) in [7, 11) is -8.07. The first kappa shape index (κ1) is 25.9. The predicted molar refractivity (Wildman–Crippen MR) is 138 cm³/mol. The van der Waals surface area contributed by atoms with Gasteiger partial charge in [0.05, 0.1) is 16.0 Å². The highest BCUT2D eigenvalue weighted by molar-refractivity contribution is 7.89. The van der Waals surface area contributed by atoms with Crippen LogP contribution in [0.1, 0.15) is 5.56 Å². The Kier molecular flexibility index (Phi) is 7.17. The summed E-state index contributed by atoms with van der Waals surface area (Å²) in [6.45, 7) is -0.599. The third kappa shape index (κ3) is 5.13. The van der Waals surface area contributed by atoms with Gasteiger partial charge in [-0.25, -0.2) is 22.3 Å². The van der Waals surface area contributed by atoms with Crippen molar-refractivity contribution in [2.45, 2.75) is 15.8 Å². The van der Waals surface area contributed by atoms with Crippen LogP contribution in [-0.4, -0.2) is 70.0 Å². The number of nitrogens with zero attached hydrogens (tertiary/aromatic N) is 3. The molecule has 38 heavy (non-hydrogen) atoms. The number of hydrogen-bond acceptors (Lipinski definition) is 8. The quantitative estimate of drug-likeness (QED) is 0.345. The summed E-state index contributed by atoms with van der Waals surface area (Å²) in [6, 6.07) is 19.2. The Morgan fingerprint density at radius 3 is 2.16 bits per heavy atom. The van der Waals surface area contributed by atoms with Crippen molar-refractivity contribution < 1.29 is 31.1 Å². The van der Waals surface area contributed by atoms with Crippen molar-refractivity contribution in [3.05, 3.63) is 84.4 Å². The van der Waals surface area contributed by atoms with E-state index in [-0.39, 0.29) is 36.2 Å². The zero-order valence-corrected chi connectivity index (χ0v) is 21.6. The molecule has 3 aromatic rings. The monoisotopic (exact) mass is 556 g/mol. The van der Waals surface area contributed by atoms with Gasteiger partial charge in [0.1, 0.15) is 6.04 Å². The average molecular weight is 557 g/mol. The van der Waals surface area contributed by atoms with Gasteiger partial charge in [-0.3, -0.25) is 4.79 Å². The van der Waals surface area contributed by atoms with Crippen LogP contribution < -0.4 is 14.9 Å². The first-order valence-electron chi connectivity index (χ1n) is 11.6. The molecule has 1 unspecified atom stereocenters. The molecule has 0 bridgehead atoms. The number of hydrazone groups is 1. The van der Waals surface area contributed by atoms with Crippen LogP contribution in [0.15, 0.2) is 93.8 Å². The molecule has 0 aliphatic carbocycles. The summed E-state index contributed by atoms with van der Waals surface area (Å²) in [5, 5.41) is 3.97. The van der Waals surface area contributed by atoms with Gasteiger partial charge in [0, 0.05) is 19.6 Å². The molecule has 11 nitrogen and oxygen atoms in total. The Bertz CT molecular complexity index is 1560. The van der Waals surface area contributed by atoms with Crippen molar-refractivity contribution in [3.63, 3.8) is 0 Å². The highest BCUT2D eigenvalue weighted by Crippen LogP contribution is 2.32. The van der Waals surface area contributed by atoms with Gasteiger partial charge in [-0.05, 0) is 48.0 Å². The molecular formula is C25H24N4O7S2. The summed E-state index contributed by atoms with van der Waals surface area (Å²) in [5.74, 6) is 0.360. The van der Waals surface area contributed by atoms with E-state index in [1.165, 1.54) is 30.5 Å². The Hall–Kier alpha value is -3.78. The average Bonchev–Trinajstić information content (AvgIpc) is 3.42. The zero-order chi connectivity index (χ0) is 26.8. The number of carbonyl (C=O) groups is 1. The van der Waals surface area contributed by atoms with Gasteiger partial charge >= 0.3 is 0 Å². The van der Waals surface area contributed by atoms with Crippen molar-refractivity contribution in [2.75, 3.05) is 26.4 Å². The standard InChI is InChI=1S/C25H24N4O7S2/c30-25(27-26-16-19-11-12-23-24(15-19)36-18-35-23)22-17-28(37(31,32)20-7-3-1-4-8-20)13-14-29(22)38(33,34)21-9-5-2-6-10-21/h1-12,15-16,22H,13-14,17-18H2,(H,27,30). The van der Waals surface area contributed by atoms with Gasteiger partial charge in [-0.2, -0.15) is 13.7 Å². The molecule has 13 heteroatoms. The molecule has 0 spiro atoms. The number of benzene rings is 3. The van der Waals surface area contributed by atoms with Crippen molar-refractivity contribution in [1.82, 2.24) is 14.0 Å². The molecule has 2 aliphatic heterocycles. The van der Waals surface area contributed by atoms with Gasteiger partial charge in [0.25, 0.3) is 5.91 Å². The fraction of sp³-hybridized carbons (Fsp3) is 0.200. The van der Waals surface area contributed by atoms with E-state index in [1.54, 1.807) is 54.6 Å². The fourth-order valence-corrected chi connectivity index (χ4v) is 7.22. The summed E-state index contributed by atoms with van der Waals surface area (Å²) < 4.78 is 66.1. The first-order valence-corrected chi connectivity index (χ1v) is 14.5. The molecule has 3 aromatic carbocycles. The van der Waals surface area contributed by atoms with E-state index in [0.717, 1.165) is 8.61 Å². The molecule has 0 radical (unpaired) electrons. The van der Waals surface area contributed by atoms with Crippen LogP contribution in [0.25, 0.3) is 0 Å². The van der Waals surface area contributed by atoms with Crippen LogP contribution in [0, 0.1) is 0 Å². The predicted octanol–water partition coefficient (Wildman–Crippen LogP) is 1.63. The van der Waals surface area contributed by atoms with E-state index in [2.05, 4.69) is 10.5 Å². The smallest absolute Gasteiger partial charge is 0.259 e. The second kappa shape index (κ2) is 10.5. The number of carbonyl (C=O) groups excluding carboxylic acids is 1. The molecule has 198 valence electrons. The van der Waals surface area contributed by atoms with E-state index in [9.17, 15) is 21.6 Å². The van der Waals surface area contributed by atoms with Crippen molar-refractivity contribution >= 4 is 32.2 Å². The lowest BCUT2D eigenvalue weighted by molar-refractivity contribution is -0.125. The zero-order valence-electron chi connectivity index (χ0n) is 20.0. The van der Waals surface area contributed by atoms with Crippen LogP contribution >= 0.6 is 0 Å². The molecule has 2 aliphatic rings. The normalized spacial score (nSPS) is 18.5. The molecule has 1 amide bonds. The summed E-state index contributed by atoms with van der Waals surface area (Å²) in [4.78, 5) is 13.3. The Morgan fingerprint density at radius 1 is 0.842 bits per heavy atom. The largest absolute Gasteiger partial charge is 0.454 e. The van der Waals surface area contributed by atoms with E-state index in [0.29, 0.717) is 17.1 Å². The SMILES string of the molecule is O=C(NN=Cc1ccc2c(c1)OCO2)C1CN(S(=O)(=O)c2ccccc2)CCN1S(=O)(=O)c1ccccc1. The van der Waals surface area contributed by atoms with Gasteiger partial charge in [0.2, 0.25) is 26.8 Å². The minimum Gasteiger partial charge on any atom is -0.454 e. The molecule has 1 saturated heterocycles. The number of ether oxygens (including phenoxy) is 2. The molecule has 1 N–H and O–H groups in total. The second-order valence-corrected chi connectivity index (χ2v) is 12.3. The number of hydrogen-bond donors (Lipinski definition) is 1. The number of piperazine rings is 1. The minimum absolute atomic E-state index is 0.000952. The van der Waals surface area contributed by atoms with E-state index in [1.807, 2.05) is 0 Å². The number of sulfonamides is 2. The van der Waals surface area contributed by atoms with Gasteiger partial charge in [-0.1, -0.05) is 36.4 Å². The third-order valence-electron chi connectivity index (χ3n) is 6.11. The Morgan fingerprint density at radius 2 is 1.47 bits per heavy atom. The maximum absolute atomic E-state index is 13.4. The fourth-order valence-electron chi connectivity index (χ4n) is 4.17. The first-order chi connectivity index (χ1) is 18.3. The molecule has 2 heterocycles. The molecular weight excluding hydrogens is 532 g/mol. The van der Waals surface area contributed by atoms with E-state index in [4.69, 9.17) is 9.47 Å². The van der Waals surface area contributed by atoms with Gasteiger partial charge < -0.3 is 9.47 Å². The van der Waals surface area contributed by atoms with Gasteiger partial charge in [0.15, 0.2) is 11.5 Å². The van der Waals surface area contributed by atoms with Crippen molar-refractivity contribution in [1.29, 1.82) is 0 Å². The van der Waals surface area contributed by atoms with E-state index < -0.39 is 32.0 Å². The Labute approximate surface area is 220 Å². The van der Waals surface area contributed by atoms with Gasteiger partial charge in [-0.15, -0.1) is 0 Å². The number of nitrogens with one attached hydrogen (secondary N) is 1. The Balaban J connectivity index is 1.40. The lowest BCUT2D eigenvalue weighted by Crippen LogP contribution is -2.60.